The zero-order chi connectivity index (χ0) is 11.7. The van der Waals surface area contributed by atoms with Gasteiger partial charge >= 0.3 is 0 Å². The topological polar surface area (TPSA) is 49.3 Å². The van der Waals surface area contributed by atoms with E-state index in [0.717, 1.165) is 24.3 Å². The molecule has 1 aliphatic carbocycles. The molecule has 1 fully saturated rings. The third kappa shape index (κ3) is 2.18. The number of benzene rings is 1. The lowest BCUT2D eigenvalue weighted by molar-refractivity contribution is 0.0895. The summed E-state index contributed by atoms with van der Waals surface area (Å²) in [6.07, 6.45) is 2.12. The van der Waals surface area contributed by atoms with Crippen molar-refractivity contribution in [3.63, 3.8) is 0 Å². The molecule has 0 bridgehead atoms. The molecule has 0 aromatic heterocycles. The SMILES string of the molecule is Cc1ccc(C(=O)NC2CC(C)C2)cc1O. The second-order valence-electron chi connectivity index (χ2n) is 4.75. The molecule has 1 aliphatic rings. The minimum Gasteiger partial charge on any atom is -0.508 e. The maximum absolute atomic E-state index is 11.8. The van der Waals surface area contributed by atoms with Crippen molar-refractivity contribution < 1.29 is 9.90 Å². The third-order valence-electron chi connectivity index (χ3n) is 3.18. The van der Waals surface area contributed by atoms with Crippen LogP contribution in [0, 0.1) is 12.8 Å². The fourth-order valence-electron chi connectivity index (χ4n) is 2.04. The summed E-state index contributed by atoms with van der Waals surface area (Å²) in [6, 6.07) is 5.33. The number of aromatic hydroxyl groups is 1. The van der Waals surface area contributed by atoms with Crippen molar-refractivity contribution in [2.24, 2.45) is 5.92 Å². The number of aryl methyl sites for hydroxylation is 1. The average Bonchev–Trinajstić information content (AvgIpc) is 2.19. The summed E-state index contributed by atoms with van der Waals surface area (Å²) in [7, 11) is 0. The van der Waals surface area contributed by atoms with E-state index in [-0.39, 0.29) is 11.7 Å². The molecule has 0 atom stereocenters. The number of carbonyl (C=O) groups is 1. The van der Waals surface area contributed by atoms with Gasteiger partial charge in [-0.3, -0.25) is 4.79 Å². The van der Waals surface area contributed by atoms with Crippen molar-refractivity contribution in [3.05, 3.63) is 29.3 Å². The van der Waals surface area contributed by atoms with Crippen LogP contribution < -0.4 is 5.32 Å². The Morgan fingerprint density at radius 3 is 2.69 bits per heavy atom. The van der Waals surface area contributed by atoms with E-state index in [0.29, 0.717) is 11.6 Å². The molecule has 0 aliphatic heterocycles. The molecule has 2 rings (SSSR count). The largest absolute Gasteiger partial charge is 0.508 e. The first kappa shape index (κ1) is 11.0. The molecule has 1 aromatic rings. The molecule has 1 saturated carbocycles. The van der Waals surface area contributed by atoms with Crippen LogP contribution in [0.5, 0.6) is 5.75 Å². The van der Waals surface area contributed by atoms with E-state index < -0.39 is 0 Å². The molecular formula is C13H17NO2. The fraction of sp³-hybridized carbons (Fsp3) is 0.462. The van der Waals surface area contributed by atoms with Gasteiger partial charge in [0.25, 0.3) is 5.91 Å². The first-order valence-electron chi connectivity index (χ1n) is 5.66. The summed E-state index contributed by atoms with van der Waals surface area (Å²) >= 11 is 0. The maximum Gasteiger partial charge on any atom is 0.251 e. The Bertz CT molecular complexity index is 408. The molecule has 0 spiro atoms. The maximum atomic E-state index is 11.8. The van der Waals surface area contributed by atoms with Gasteiger partial charge in [-0.05, 0) is 43.4 Å². The van der Waals surface area contributed by atoms with Crippen LogP contribution in [0.4, 0.5) is 0 Å². The monoisotopic (exact) mass is 219 g/mol. The standard InChI is InChI=1S/C13H17NO2/c1-8-5-11(6-8)14-13(16)10-4-3-9(2)12(15)7-10/h3-4,7-8,11,15H,5-6H2,1-2H3,(H,14,16). The van der Waals surface area contributed by atoms with Gasteiger partial charge in [0, 0.05) is 11.6 Å². The van der Waals surface area contributed by atoms with Crippen molar-refractivity contribution in [1.82, 2.24) is 5.32 Å². The average molecular weight is 219 g/mol. The molecule has 0 saturated heterocycles. The van der Waals surface area contributed by atoms with Gasteiger partial charge < -0.3 is 10.4 Å². The molecule has 16 heavy (non-hydrogen) atoms. The van der Waals surface area contributed by atoms with E-state index in [9.17, 15) is 9.90 Å². The normalized spacial score (nSPS) is 23.6. The number of phenolic OH excluding ortho intramolecular Hbond substituents is 1. The van der Waals surface area contributed by atoms with Crippen LogP contribution in [0.15, 0.2) is 18.2 Å². The first-order valence-corrected chi connectivity index (χ1v) is 5.66. The molecule has 3 nitrogen and oxygen atoms in total. The summed E-state index contributed by atoms with van der Waals surface area (Å²) in [4.78, 5) is 11.8. The number of amides is 1. The van der Waals surface area contributed by atoms with Crippen LogP contribution in [-0.4, -0.2) is 17.1 Å². The summed E-state index contributed by atoms with van der Waals surface area (Å²) in [5, 5.41) is 12.5. The van der Waals surface area contributed by atoms with Crippen molar-refractivity contribution >= 4 is 5.91 Å². The number of rotatable bonds is 2. The minimum atomic E-state index is -0.0906. The second kappa shape index (κ2) is 4.16. The Balaban J connectivity index is 2.01. The fourth-order valence-corrected chi connectivity index (χ4v) is 2.04. The first-order chi connectivity index (χ1) is 7.56. The molecule has 86 valence electrons. The van der Waals surface area contributed by atoms with Crippen LogP contribution >= 0.6 is 0 Å². The number of hydrogen-bond donors (Lipinski definition) is 2. The Morgan fingerprint density at radius 2 is 2.12 bits per heavy atom. The Morgan fingerprint density at radius 1 is 1.44 bits per heavy atom. The summed E-state index contributed by atoms with van der Waals surface area (Å²) < 4.78 is 0. The summed E-state index contributed by atoms with van der Waals surface area (Å²) in [6.45, 7) is 3.99. The number of nitrogens with one attached hydrogen (secondary N) is 1. The van der Waals surface area contributed by atoms with Gasteiger partial charge in [0.1, 0.15) is 5.75 Å². The highest BCUT2D eigenvalue weighted by atomic mass is 16.3. The van der Waals surface area contributed by atoms with Gasteiger partial charge in [0.15, 0.2) is 0 Å². The van der Waals surface area contributed by atoms with Gasteiger partial charge in [-0.2, -0.15) is 0 Å². The summed E-state index contributed by atoms with van der Waals surface area (Å²) in [5.41, 5.74) is 1.32. The van der Waals surface area contributed by atoms with Crippen LogP contribution in [-0.2, 0) is 0 Å². The Hall–Kier alpha value is -1.51. The number of carbonyl (C=O) groups excluding carboxylic acids is 1. The molecule has 0 radical (unpaired) electrons. The minimum absolute atomic E-state index is 0.0906. The van der Waals surface area contributed by atoms with Crippen molar-refractivity contribution in [3.8, 4) is 5.75 Å². The quantitative estimate of drug-likeness (QED) is 0.801. The van der Waals surface area contributed by atoms with Crippen molar-refractivity contribution in [1.29, 1.82) is 0 Å². The second-order valence-corrected chi connectivity index (χ2v) is 4.75. The lowest BCUT2D eigenvalue weighted by Gasteiger charge is -2.33. The predicted molar refractivity (Wildman–Crippen MR) is 62.5 cm³/mol. The highest BCUT2D eigenvalue weighted by Crippen LogP contribution is 2.26. The van der Waals surface area contributed by atoms with E-state index in [2.05, 4.69) is 12.2 Å². The number of phenols is 1. The Labute approximate surface area is 95.5 Å². The third-order valence-corrected chi connectivity index (χ3v) is 3.18. The predicted octanol–water partition coefficient (Wildman–Crippen LogP) is 2.23. The van der Waals surface area contributed by atoms with Gasteiger partial charge in [-0.25, -0.2) is 0 Å². The van der Waals surface area contributed by atoms with E-state index in [4.69, 9.17) is 0 Å². The van der Waals surface area contributed by atoms with Crippen molar-refractivity contribution in [2.75, 3.05) is 0 Å². The molecule has 3 heteroatoms. The van der Waals surface area contributed by atoms with E-state index >= 15 is 0 Å². The Kier molecular flexibility index (Phi) is 2.86. The van der Waals surface area contributed by atoms with Gasteiger partial charge in [-0.15, -0.1) is 0 Å². The van der Waals surface area contributed by atoms with Gasteiger partial charge in [0.05, 0.1) is 0 Å². The van der Waals surface area contributed by atoms with E-state index in [1.54, 1.807) is 12.1 Å². The highest BCUT2D eigenvalue weighted by molar-refractivity contribution is 5.94. The van der Waals surface area contributed by atoms with Gasteiger partial charge in [0.2, 0.25) is 0 Å². The van der Waals surface area contributed by atoms with Crippen LogP contribution in [0.3, 0.4) is 0 Å². The smallest absolute Gasteiger partial charge is 0.251 e. The lowest BCUT2D eigenvalue weighted by Crippen LogP contribution is -2.43. The molecule has 0 heterocycles. The van der Waals surface area contributed by atoms with Crippen LogP contribution in [0.1, 0.15) is 35.7 Å². The van der Waals surface area contributed by atoms with Gasteiger partial charge in [-0.1, -0.05) is 13.0 Å². The van der Waals surface area contributed by atoms with Crippen molar-refractivity contribution in [2.45, 2.75) is 32.7 Å². The zero-order valence-electron chi connectivity index (χ0n) is 9.66. The number of hydrogen-bond acceptors (Lipinski definition) is 2. The molecule has 1 aromatic carbocycles. The molecule has 0 unspecified atom stereocenters. The lowest BCUT2D eigenvalue weighted by atomic mass is 9.82. The molecular weight excluding hydrogens is 202 g/mol. The summed E-state index contributed by atoms with van der Waals surface area (Å²) in [5.74, 6) is 0.804. The highest BCUT2D eigenvalue weighted by Gasteiger charge is 2.26. The molecule has 1 amide bonds. The molecule has 2 N–H and O–H groups in total. The van der Waals surface area contributed by atoms with E-state index in [1.165, 1.54) is 6.07 Å². The van der Waals surface area contributed by atoms with Crippen LogP contribution in [0.25, 0.3) is 0 Å². The van der Waals surface area contributed by atoms with Crippen LogP contribution in [0.2, 0.25) is 0 Å². The zero-order valence-corrected chi connectivity index (χ0v) is 9.66. The van der Waals surface area contributed by atoms with E-state index in [1.807, 2.05) is 6.92 Å².